The molecule has 1 aliphatic heterocycles. The number of hydrogen-bond acceptors (Lipinski definition) is 4. The van der Waals surface area contributed by atoms with Gasteiger partial charge in [-0.3, -0.25) is 0 Å². The Bertz CT molecular complexity index is 3010. The molecule has 0 amide bonds. The number of hydrogen-bond donors (Lipinski definition) is 0. The van der Waals surface area contributed by atoms with Crippen LogP contribution in [0.5, 0.6) is 11.5 Å². The number of aromatic nitrogens is 2. The number of pyridine rings is 1. The monoisotopic (exact) mass is 1040 g/mol. The first-order valence-electron chi connectivity index (χ1n) is 22.9. The molecule has 9 rings (SSSR count). The summed E-state index contributed by atoms with van der Waals surface area (Å²) in [6, 6.07) is 51.1. The van der Waals surface area contributed by atoms with Gasteiger partial charge in [0.1, 0.15) is 5.82 Å². The van der Waals surface area contributed by atoms with E-state index in [2.05, 4.69) is 219 Å². The van der Waals surface area contributed by atoms with Gasteiger partial charge >= 0.3 is 0 Å². The predicted molar refractivity (Wildman–Crippen MR) is 269 cm³/mol. The summed E-state index contributed by atoms with van der Waals surface area (Å²) in [7, 11) is 0. The standard InChI is InChI=1S/C59H61N4O.Pt/c1-37(2)41-29-49(38(3)4)57(50(30-41)39(5)6)40-27-28-60-56(31-40)63-52-26-23-43(59(10,11)12)33-51(52)48-25-24-47(35-55(48)63)64-46-20-16-19-45(34-46)62-36-61(53-21-13-14-22-54(53)62)44-18-15-17-42(32-44)58(7,8)9;/h13-33,36-39H,1-12H3;/q-3;. The van der Waals surface area contributed by atoms with Crippen molar-refractivity contribution in [2.24, 2.45) is 0 Å². The van der Waals surface area contributed by atoms with Crippen LogP contribution in [-0.2, 0) is 31.9 Å². The van der Waals surface area contributed by atoms with Crippen LogP contribution >= 0.6 is 0 Å². The molecule has 2 aromatic heterocycles. The molecule has 65 heavy (non-hydrogen) atoms. The van der Waals surface area contributed by atoms with E-state index in [0.29, 0.717) is 29.3 Å². The van der Waals surface area contributed by atoms with E-state index >= 15 is 0 Å². The van der Waals surface area contributed by atoms with Crippen LogP contribution in [0.1, 0.15) is 129 Å². The van der Waals surface area contributed by atoms with E-state index < -0.39 is 0 Å². The van der Waals surface area contributed by atoms with Crippen LogP contribution in [0.15, 0.2) is 128 Å². The Kier molecular flexibility index (Phi) is 12.5. The maximum Gasteiger partial charge on any atom is 0.136 e. The molecule has 5 nitrogen and oxygen atoms in total. The van der Waals surface area contributed by atoms with Crippen molar-refractivity contribution >= 4 is 44.6 Å². The van der Waals surface area contributed by atoms with E-state index in [1.54, 1.807) is 0 Å². The average molecular weight is 1040 g/mol. The molecule has 0 saturated carbocycles. The molecule has 336 valence electrons. The Balaban J connectivity index is 0.00000576. The number of anilines is 4. The molecule has 0 N–H and O–H groups in total. The Hall–Kier alpha value is -5.64. The van der Waals surface area contributed by atoms with Gasteiger partial charge in [-0.2, -0.15) is 12.1 Å². The summed E-state index contributed by atoms with van der Waals surface area (Å²) in [5.41, 5.74) is 15.4. The van der Waals surface area contributed by atoms with Crippen LogP contribution in [-0.4, -0.2) is 9.55 Å². The van der Waals surface area contributed by atoms with Gasteiger partial charge in [0.05, 0.1) is 0 Å². The molecule has 6 heteroatoms. The minimum Gasteiger partial charge on any atom is -0.509 e. The third-order valence-electron chi connectivity index (χ3n) is 12.8. The van der Waals surface area contributed by atoms with Crippen LogP contribution in [0, 0.1) is 18.8 Å². The molecular weight excluding hydrogens is 976 g/mol. The largest absolute Gasteiger partial charge is 0.509 e. The third kappa shape index (κ3) is 8.77. The van der Waals surface area contributed by atoms with Gasteiger partial charge in [-0.25, -0.2) is 4.98 Å². The van der Waals surface area contributed by atoms with E-state index in [9.17, 15) is 0 Å². The minimum absolute atomic E-state index is 0. The first kappa shape index (κ1) is 45.9. The van der Waals surface area contributed by atoms with Crippen LogP contribution < -0.4 is 14.5 Å². The summed E-state index contributed by atoms with van der Waals surface area (Å²) >= 11 is 0. The normalized spacial score (nSPS) is 13.1. The van der Waals surface area contributed by atoms with Gasteiger partial charge < -0.3 is 19.1 Å². The molecule has 6 aromatic carbocycles. The molecule has 8 aromatic rings. The van der Waals surface area contributed by atoms with Crippen LogP contribution in [0.25, 0.3) is 38.8 Å². The second-order valence-corrected chi connectivity index (χ2v) is 20.5. The predicted octanol–water partition coefficient (Wildman–Crippen LogP) is 16.6. The van der Waals surface area contributed by atoms with Crippen molar-refractivity contribution in [1.82, 2.24) is 9.55 Å². The molecule has 0 unspecified atom stereocenters. The topological polar surface area (TPSA) is 33.5 Å². The van der Waals surface area contributed by atoms with Crippen molar-refractivity contribution in [3.8, 4) is 28.4 Å². The van der Waals surface area contributed by atoms with Gasteiger partial charge in [0.2, 0.25) is 0 Å². The Morgan fingerprint density at radius 3 is 1.89 bits per heavy atom. The Labute approximate surface area is 401 Å². The van der Waals surface area contributed by atoms with Gasteiger partial charge in [-0.05, 0) is 115 Å². The number of nitrogens with zero attached hydrogens (tertiary/aromatic N) is 4. The van der Waals surface area contributed by atoms with Crippen molar-refractivity contribution in [2.75, 3.05) is 9.80 Å². The maximum absolute atomic E-state index is 6.71. The fraction of sp³-hybridized carbons (Fsp3) is 0.288. The van der Waals surface area contributed by atoms with E-state index in [0.717, 1.165) is 45.0 Å². The molecule has 0 atom stereocenters. The van der Waals surface area contributed by atoms with Gasteiger partial charge in [0.15, 0.2) is 0 Å². The van der Waals surface area contributed by atoms with Crippen LogP contribution in [0.4, 0.5) is 22.7 Å². The molecule has 0 saturated heterocycles. The number of fused-ring (bicyclic) bond motifs is 4. The number of para-hydroxylation sites is 2. The van der Waals surface area contributed by atoms with Gasteiger partial charge in [-0.15, -0.1) is 48.1 Å². The zero-order valence-corrected chi connectivity index (χ0v) is 42.2. The summed E-state index contributed by atoms with van der Waals surface area (Å²) < 4.78 is 8.98. The summed E-state index contributed by atoms with van der Waals surface area (Å²) in [6.07, 6.45) is 1.97. The molecule has 0 bridgehead atoms. The summed E-state index contributed by atoms with van der Waals surface area (Å²) in [5.74, 6) is 3.23. The Morgan fingerprint density at radius 2 is 1.23 bits per heavy atom. The summed E-state index contributed by atoms with van der Waals surface area (Å²) in [5, 5.41) is 2.27. The molecule has 0 fully saturated rings. The Morgan fingerprint density at radius 1 is 0.585 bits per heavy atom. The fourth-order valence-electron chi connectivity index (χ4n) is 9.06. The van der Waals surface area contributed by atoms with Crippen molar-refractivity contribution < 1.29 is 25.8 Å². The van der Waals surface area contributed by atoms with Crippen molar-refractivity contribution in [3.63, 3.8) is 0 Å². The second kappa shape index (κ2) is 17.6. The second-order valence-electron chi connectivity index (χ2n) is 20.5. The van der Waals surface area contributed by atoms with E-state index in [4.69, 9.17) is 9.72 Å². The third-order valence-corrected chi connectivity index (χ3v) is 12.8. The van der Waals surface area contributed by atoms with Gasteiger partial charge in [0.25, 0.3) is 0 Å². The number of ether oxygens (including phenoxy) is 1. The quantitative estimate of drug-likeness (QED) is 0.135. The van der Waals surface area contributed by atoms with Crippen LogP contribution in [0.3, 0.4) is 0 Å². The number of benzene rings is 6. The van der Waals surface area contributed by atoms with Crippen molar-refractivity contribution in [2.45, 2.75) is 112 Å². The first-order valence-corrected chi connectivity index (χ1v) is 22.9. The van der Waals surface area contributed by atoms with Crippen molar-refractivity contribution in [1.29, 1.82) is 0 Å². The molecular formula is C59H61N4OPt-3. The summed E-state index contributed by atoms with van der Waals surface area (Å²) in [4.78, 5) is 9.54. The zero-order chi connectivity index (χ0) is 45.2. The molecule has 0 radical (unpaired) electrons. The smallest absolute Gasteiger partial charge is 0.136 e. The number of rotatable bonds is 9. The van der Waals surface area contributed by atoms with Gasteiger partial charge in [0, 0.05) is 61.3 Å². The average Bonchev–Trinajstić information content (AvgIpc) is 3.81. The molecule has 0 spiro atoms. The van der Waals surface area contributed by atoms with E-state index in [1.165, 1.54) is 44.3 Å². The first-order chi connectivity index (χ1) is 30.5. The fourth-order valence-corrected chi connectivity index (χ4v) is 9.06. The molecule has 1 aliphatic rings. The maximum atomic E-state index is 6.71. The van der Waals surface area contributed by atoms with Gasteiger partial charge in [-0.1, -0.05) is 137 Å². The summed E-state index contributed by atoms with van der Waals surface area (Å²) in [6.45, 7) is 29.5. The zero-order valence-electron chi connectivity index (χ0n) is 39.9. The minimum atomic E-state index is -0.0161. The molecule has 3 heterocycles. The van der Waals surface area contributed by atoms with E-state index in [1.807, 2.05) is 24.4 Å². The van der Waals surface area contributed by atoms with Crippen LogP contribution in [0.2, 0.25) is 0 Å². The molecule has 0 aliphatic carbocycles. The SMILES string of the molecule is CC(C)c1cc(C(C)C)c(-c2ccnc(-n3c4[c-]c(Oc5[c-]c(N6[CH-]N(c7cccc(C(C)(C)C)c7)c7ccccc76)ccc5)ccc4c4cc(C(C)(C)C)ccc43)c2)c(C(C)C)c1.[Pt]. The van der Waals surface area contributed by atoms with E-state index in [-0.39, 0.29) is 31.9 Å². The van der Waals surface area contributed by atoms with Crippen molar-refractivity contribution in [3.05, 3.63) is 174 Å².